The van der Waals surface area contributed by atoms with Crippen molar-refractivity contribution in [1.82, 2.24) is 19.4 Å². The maximum absolute atomic E-state index is 12.7. The van der Waals surface area contributed by atoms with Gasteiger partial charge in [0.15, 0.2) is 5.58 Å². The van der Waals surface area contributed by atoms with Crippen LogP contribution >= 0.6 is 0 Å². The van der Waals surface area contributed by atoms with Gasteiger partial charge in [-0.1, -0.05) is 42.5 Å². The normalized spacial score (nSPS) is 12.2. The Balaban J connectivity index is 1.53. The van der Waals surface area contributed by atoms with Crippen LogP contribution in [0.1, 0.15) is 23.9 Å². The summed E-state index contributed by atoms with van der Waals surface area (Å²) >= 11 is 0. The van der Waals surface area contributed by atoms with E-state index in [1.54, 1.807) is 24.4 Å². The number of carbonyl (C=O) groups is 1. The van der Waals surface area contributed by atoms with Crippen LogP contribution in [0.2, 0.25) is 0 Å². The molecule has 142 valence electrons. The molecule has 0 saturated carbocycles. The number of benzene rings is 2. The first-order valence-electron chi connectivity index (χ1n) is 9.03. The zero-order valence-corrected chi connectivity index (χ0v) is 15.4. The Morgan fingerprint density at radius 3 is 2.64 bits per heavy atom. The highest BCUT2D eigenvalue weighted by Gasteiger charge is 2.21. The molecule has 2 aromatic heterocycles. The van der Waals surface area contributed by atoms with Crippen LogP contribution in [0.25, 0.3) is 11.1 Å². The van der Waals surface area contributed by atoms with Crippen LogP contribution in [0.4, 0.5) is 0 Å². The number of carbonyl (C=O) groups excluding carboxylic acids is 1. The number of aryl methyl sites for hydroxylation is 2. The van der Waals surface area contributed by atoms with Crippen LogP contribution in [-0.4, -0.2) is 20.0 Å². The molecule has 0 fully saturated rings. The van der Waals surface area contributed by atoms with Crippen molar-refractivity contribution < 1.29 is 9.21 Å². The van der Waals surface area contributed by atoms with E-state index in [9.17, 15) is 9.59 Å². The molecule has 0 radical (unpaired) electrons. The molecule has 0 bridgehead atoms. The van der Waals surface area contributed by atoms with Crippen molar-refractivity contribution in [3.63, 3.8) is 0 Å². The highest BCUT2D eigenvalue weighted by Crippen LogP contribution is 2.20. The fraction of sp³-hybridized carbons (Fsp3) is 0.190. The number of fused-ring (bicyclic) bond motifs is 1. The molecule has 1 amide bonds. The molecule has 2 heterocycles. The fourth-order valence-electron chi connectivity index (χ4n) is 3.27. The first-order valence-corrected chi connectivity index (χ1v) is 9.03. The van der Waals surface area contributed by atoms with Gasteiger partial charge in [-0.25, -0.2) is 9.78 Å². The summed E-state index contributed by atoms with van der Waals surface area (Å²) in [6, 6.07) is 16.5. The summed E-state index contributed by atoms with van der Waals surface area (Å²) in [6.45, 7) is 0.240. The standard InChI is InChI=1S/C21H20N4O3/c1-24-14-12-22-20(24)19(15-7-3-2-4-8-15)23-18(26)11-13-25-16-9-5-6-10-17(16)28-21(25)27/h2-10,12,14,19H,11,13H2,1H3,(H,23,26)/t19-/m1/s1. The number of oxazole rings is 1. The molecular formula is C21H20N4O3. The van der Waals surface area contributed by atoms with Gasteiger partial charge in [0.2, 0.25) is 5.91 Å². The molecule has 7 heteroatoms. The molecule has 0 aliphatic rings. The molecule has 28 heavy (non-hydrogen) atoms. The molecular weight excluding hydrogens is 356 g/mol. The van der Waals surface area contributed by atoms with E-state index >= 15 is 0 Å². The van der Waals surface area contributed by atoms with Crippen molar-refractivity contribution in [2.45, 2.75) is 19.0 Å². The number of rotatable bonds is 6. The second kappa shape index (κ2) is 7.56. The van der Waals surface area contributed by atoms with Crippen molar-refractivity contribution in [3.8, 4) is 0 Å². The molecule has 1 atom stereocenters. The second-order valence-electron chi connectivity index (χ2n) is 6.54. The van der Waals surface area contributed by atoms with Crippen LogP contribution in [0.15, 0.2) is 76.2 Å². The summed E-state index contributed by atoms with van der Waals surface area (Å²) < 4.78 is 8.58. The van der Waals surface area contributed by atoms with E-state index in [0.29, 0.717) is 11.1 Å². The minimum Gasteiger partial charge on any atom is -0.408 e. The zero-order valence-electron chi connectivity index (χ0n) is 15.4. The molecule has 0 unspecified atom stereocenters. The van der Waals surface area contributed by atoms with E-state index in [4.69, 9.17) is 4.42 Å². The lowest BCUT2D eigenvalue weighted by molar-refractivity contribution is -0.121. The average Bonchev–Trinajstić information content (AvgIpc) is 3.27. The summed E-state index contributed by atoms with van der Waals surface area (Å²) in [5, 5.41) is 3.04. The van der Waals surface area contributed by atoms with Crippen LogP contribution in [-0.2, 0) is 18.4 Å². The summed E-state index contributed by atoms with van der Waals surface area (Å²) in [7, 11) is 1.89. The lowest BCUT2D eigenvalue weighted by Crippen LogP contribution is -2.32. The predicted molar refractivity (Wildman–Crippen MR) is 105 cm³/mol. The number of nitrogens with zero attached hydrogens (tertiary/aromatic N) is 3. The summed E-state index contributed by atoms with van der Waals surface area (Å²) in [5.41, 5.74) is 2.14. The fourth-order valence-corrected chi connectivity index (χ4v) is 3.27. The van der Waals surface area contributed by atoms with Crippen LogP contribution in [0.3, 0.4) is 0 Å². The lowest BCUT2D eigenvalue weighted by atomic mass is 10.1. The number of amides is 1. The monoisotopic (exact) mass is 376 g/mol. The Bertz CT molecular complexity index is 1160. The van der Waals surface area contributed by atoms with Gasteiger partial charge in [0.25, 0.3) is 0 Å². The zero-order chi connectivity index (χ0) is 19.5. The van der Waals surface area contributed by atoms with E-state index in [1.165, 1.54) is 4.57 Å². The summed E-state index contributed by atoms with van der Waals surface area (Å²) in [5.74, 6) is 0.109. The first-order chi connectivity index (χ1) is 13.6. The Morgan fingerprint density at radius 1 is 1.14 bits per heavy atom. The topological polar surface area (TPSA) is 82.1 Å². The number of nitrogens with one attached hydrogen (secondary N) is 1. The minimum absolute atomic E-state index is 0.150. The number of para-hydroxylation sites is 2. The molecule has 4 aromatic rings. The van der Waals surface area contributed by atoms with Gasteiger partial charge < -0.3 is 14.3 Å². The van der Waals surface area contributed by atoms with Crippen LogP contribution < -0.4 is 11.1 Å². The number of imidazole rings is 1. The lowest BCUT2D eigenvalue weighted by Gasteiger charge is -2.19. The predicted octanol–water partition coefficient (Wildman–Crippen LogP) is 2.62. The minimum atomic E-state index is -0.460. The van der Waals surface area contributed by atoms with Crippen LogP contribution in [0, 0.1) is 0 Å². The molecule has 7 nitrogen and oxygen atoms in total. The van der Waals surface area contributed by atoms with Gasteiger partial charge in [-0.2, -0.15) is 0 Å². The van der Waals surface area contributed by atoms with Gasteiger partial charge in [-0.15, -0.1) is 0 Å². The largest absolute Gasteiger partial charge is 0.419 e. The van der Waals surface area contributed by atoms with Crippen molar-refractivity contribution in [2.24, 2.45) is 7.05 Å². The summed E-state index contributed by atoms with van der Waals surface area (Å²) in [4.78, 5) is 29.1. The Kier molecular flexibility index (Phi) is 4.80. The van der Waals surface area contributed by atoms with Crippen LogP contribution in [0.5, 0.6) is 0 Å². The number of aromatic nitrogens is 3. The Labute approximate surface area is 161 Å². The van der Waals surface area contributed by atoms with E-state index in [-0.39, 0.29) is 24.9 Å². The molecule has 2 aromatic carbocycles. The Hall–Kier alpha value is -3.61. The maximum Gasteiger partial charge on any atom is 0.419 e. The Morgan fingerprint density at radius 2 is 1.89 bits per heavy atom. The SMILES string of the molecule is Cn1ccnc1[C@H](NC(=O)CCn1c(=O)oc2ccccc21)c1ccccc1. The number of hydrogen-bond acceptors (Lipinski definition) is 4. The van der Waals surface area contributed by atoms with Gasteiger partial charge >= 0.3 is 5.76 Å². The van der Waals surface area contributed by atoms with Gasteiger partial charge in [-0.3, -0.25) is 9.36 Å². The van der Waals surface area contributed by atoms with Crippen molar-refractivity contribution >= 4 is 17.0 Å². The molecule has 0 saturated heterocycles. The molecule has 0 aliphatic carbocycles. The molecule has 0 spiro atoms. The third kappa shape index (κ3) is 3.46. The van der Waals surface area contributed by atoms with E-state index in [2.05, 4.69) is 10.3 Å². The van der Waals surface area contributed by atoms with Gasteiger partial charge in [0, 0.05) is 32.4 Å². The second-order valence-corrected chi connectivity index (χ2v) is 6.54. The van der Waals surface area contributed by atoms with Gasteiger partial charge in [0.1, 0.15) is 11.9 Å². The van der Waals surface area contributed by atoms with E-state index in [1.807, 2.05) is 54.2 Å². The highest BCUT2D eigenvalue weighted by molar-refractivity contribution is 5.77. The van der Waals surface area contributed by atoms with Crippen molar-refractivity contribution in [3.05, 3.63) is 88.9 Å². The average molecular weight is 376 g/mol. The third-order valence-corrected chi connectivity index (χ3v) is 4.69. The molecule has 0 aliphatic heterocycles. The number of hydrogen-bond donors (Lipinski definition) is 1. The van der Waals surface area contributed by atoms with E-state index < -0.39 is 5.76 Å². The summed E-state index contributed by atoms with van der Waals surface area (Å²) in [6.07, 6.45) is 3.69. The highest BCUT2D eigenvalue weighted by atomic mass is 16.4. The maximum atomic E-state index is 12.7. The van der Waals surface area contributed by atoms with Crippen molar-refractivity contribution in [2.75, 3.05) is 0 Å². The molecule has 4 rings (SSSR count). The first kappa shape index (κ1) is 17.8. The third-order valence-electron chi connectivity index (χ3n) is 4.69. The quantitative estimate of drug-likeness (QED) is 0.561. The smallest absolute Gasteiger partial charge is 0.408 e. The molecule has 1 N–H and O–H groups in total. The van der Waals surface area contributed by atoms with Crippen molar-refractivity contribution in [1.29, 1.82) is 0 Å². The van der Waals surface area contributed by atoms with E-state index in [0.717, 1.165) is 11.4 Å². The van der Waals surface area contributed by atoms with Gasteiger partial charge in [-0.05, 0) is 17.7 Å². The van der Waals surface area contributed by atoms with Gasteiger partial charge in [0.05, 0.1) is 5.52 Å².